The lowest BCUT2D eigenvalue weighted by Crippen LogP contribution is -2.32. The molecule has 1 fully saturated rings. The minimum Gasteiger partial charge on any atom is -0.381 e. The largest absolute Gasteiger partial charge is 0.381 e. The van der Waals surface area contributed by atoms with Crippen molar-refractivity contribution in [2.24, 2.45) is 5.92 Å². The number of carbonyl (C=O) groups is 1. The summed E-state index contributed by atoms with van der Waals surface area (Å²) in [6.07, 6.45) is 6.44. The van der Waals surface area contributed by atoms with Crippen molar-refractivity contribution >= 4 is 27.5 Å². The number of ether oxygens (including phenoxy) is 1. The summed E-state index contributed by atoms with van der Waals surface area (Å²) < 4.78 is 8.38. The second-order valence-corrected chi connectivity index (χ2v) is 8.78. The van der Waals surface area contributed by atoms with Gasteiger partial charge in [-0.1, -0.05) is 12.1 Å². The van der Waals surface area contributed by atoms with Gasteiger partial charge in [-0.15, -0.1) is 11.3 Å². The average Bonchev–Trinajstić information content (AvgIpc) is 3.51. The minimum absolute atomic E-state index is 0.102. The van der Waals surface area contributed by atoms with Crippen molar-refractivity contribution in [3.63, 3.8) is 0 Å². The van der Waals surface area contributed by atoms with Gasteiger partial charge in [-0.25, -0.2) is 9.67 Å². The standard InChI is InChI=1S/C24H24N4O2S/c29-24(25-16-18-6-11-30-12-7-18)22-15-19(23-21(27-22)8-13-31-23)14-17-2-4-20(5-3-17)28-10-1-9-26-28/h1-5,8-10,13,15,18H,6-7,11-12,14,16H2,(H,25,29). The SMILES string of the molecule is O=C(NCC1CCOCC1)c1cc(Cc2ccc(-n3cccn3)cc2)c2sccc2n1. The molecule has 1 amide bonds. The van der Waals surface area contributed by atoms with Gasteiger partial charge in [0, 0.05) is 32.2 Å². The van der Waals surface area contributed by atoms with Crippen LogP contribution in [0.15, 0.2) is 60.2 Å². The summed E-state index contributed by atoms with van der Waals surface area (Å²) in [6, 6.07) is 14.2. The van der Waals surface area contributed by atoms with Crippen molar-refractivity contribution in [2.75, 3.05) is 19.8 Å². The van der Waals surface area contributed by atoms with E-state index in [9.17, 15) is 4.79 Å². The van der Waals surface area contributed by atoms with Gasteiger partial charge in [0.1, 0.15) is 5.69 Å². The Hall–Kier alpha value is -3.03. The Morgan fingerprint density at radius 2 is 2.03 bits per heavy atom. The van der Waals surface area contributed by atoms with Crippen LogP contribution in [0.2, 0.25) is 0 Å². The van der Waals surface area contributed by atoms with E-state index in [4.69, 9.17) is 4.74 Å². The van der Waals surface area contributed by atoms with Crippen LogP contribution in [-0.4, -0.2) is 40.4 Å². The van der Waals surface area contributed by atoms with Gasteiger partial charge in [-0.2, -0.15) is 5.10 Å². The Kier molecular flexibility index (Phi) is 5.78. The summed E-state index contributed by atoms with van der Waals surface area (Å²) in [5.74, 6) is 0.380. The van der Waals surface area contributed by atoms with Crippen LogP contribution in [0, 0.1) is 5.92 Å². The van der Waals surface area contributed by atoms with Gasteiger partial charge in [0.2, 0.25) is 0 Å². The number of hydrogen-bond donors (Lipinski definition) is 1. The van der Waals surface area contributed by atoms with Crippen molar-refractivity contribution in [3.8, 4) is 5.69 Å². The monoisotopic (exact) mass is 432 g/mol. The molecular formula is C24H24N4O2S. The van der Waals surface area contributed by atoms with E-state index in [0.29, 0.717) is 18.2 Å². The topological polar surface area (TPSA) is 69.0 Å². The lowest BCUT2D eigenvalue weighted by molar-refractivity contribution is 0.0642. The summed E-state index contributed by atoms with van der Waals surface area (Å²) in [5, 5.41) is 9.38. The summed E-state index contributed by atoms with van der Waals surface area (Å²) in [5.41, 5.74) is 4.71. The van der Waals surface area contributed by atoms with Crippen molar-refractivity contribution in [1.29, 1.82) is 0 Å². The quantitative estimate of drug-likeness (QED) is 0.495. The van der Waals surface area contributed by atoms with Crippen molar-refractivity contribution in [1.82, 2.24) is 20.1 Å². The first-order chi connectivity index (χ1) is 15.3. The minimum atomic E-state index is -0.102. The number of amides is 1. The molecule has 0 radical (unpaired) electrons. The molecule has 6 nitrogen and oxygen atoms in total. The predicted octanol–water partition coefficient (Wildman–Crippen LogP) is 4.23. The van der Waals surface area contributed by atoms with Crippen LogP contribution in [-0.2, 0) is 11.2 Å². The van der Waals surface area contributed by atoms with Gasteiger partial charge < -0.3 is 10.1 Å². The highest BCUT2D eigenvalue weighted by Crippen LogP contribution is 2.27. The Morgan fingerprint density at radius 3 is 2.81 bits per heavy atom. The van der Waals surface area contributed by atoms with Gasteiger partial charge in [0.15, 0.2) is 0 Å². The Morgan fingerprint density at radius 1 is 1.19 bits per heavy atom. The molecule has 0 spiro atoms. The summed E-state index contributed by atoms with van der Waals surface area (Å²) in [4.78, 5) is 17.4. The van der Waals surface area contributed by atoms with Crippen LogP contribution in [0.4, 0.5) is 0 Å². The van der Waals surface area contributed by atoms with Gasteiger partial charge in [-0.05, 0) is 72.0 Å². The van der Waals surface area contributed by atoms with Crippen LogP contribution in [0.1, 0.15) is 34.5 Å². The third-order valence-corrected chi connectivity index (χ3v) is 6.69. The molecule has 1 aliphatic rings. The van der Waals surface area contributed by atoms with Gasteiger partial charge in [0.05, 0.1) is 15.9 Å². The Bertz CT molecular complexity index is 1160. The van der Waals surface area contributed by atoms with Gasteiger partial charge in [0.25, 0.3) is 5.91 Å². The van der Waals surface area contributed by atoms with E-state index in [1.165, 1.54) is 5.56 Å². The fourth-order valence-corrected chi connectivity index (χ4v) is 4.81. The van der Waals surface area contributed by atoms with Crippen LogP contribution in [0.5, 0.6) is 0 Å². The second kappa shape index (κ2) is 8.99. The number of thiophene rings is 1. The molecule has 31 heavy (non-hydrogen) atoms. The van der Waals surface area contributed by atoms with E-state index in [-0.39, 0.29) is 5.91 Å². The average molecular weight is 433 g/mol. The second-order valence-electron chi connectivity index (χ2n) is 7.86. The Balaban J connectivity index is 1.34. The number of hydrogen-bond acceptors (Lipinski definition) is 5. The van der Waals surface area contributed by atoms with E-state index in [1.54, 1.807) is 17.5 Å². The highest BCUT2D eigenvalue weighted by atomic mass is 32.1. The first-order valence-corrected chi connectivity index (χ1v) is 11.5. The molecule has 7 heteroatoms. The lowest BCUT2D eigenvalue weighted by atomic mass is 10.0. The molecule has 0 bridgehead atoms. The van der Waals surface area contributed by atoms with E-state index in [1.807, 2.05) is 34.5 Å². The van der Waals surface area contributed by atoms with Crippen LogP contribution in [0.3, 0.4) is 0 Å². The van der Waals surface area contributed by atoms with E-state index >= 15 is 0 Å². The maximum atomic E-state index is 12.8. The highest BCUT2D eigenvalue weighted by Gasteiger charge is 2.17. The maximum absolute atomic E-state index is 12.8. The third kappa shape index (κ3) is 4.52. The number of rotatable bonds is 6. The molecule has 1 aliphatic heterocycles. The first-order valence-electron chi connectivity index (χ1n) is 10.6. The zero-order valence-corrected chi connectivity index (χ0v) is 18.0. The molecule has 0 aliphatic carbocycles. The molecule has 4 aromatic rings. The molecule has 1 aromatic carbocycles. The molecule has 0 saturated carbocycles. The molecular weight excluding hydrogens is 408 g/mol. The summed E-state index contributed by atoms with van der Waals surface area (Å²) in [7, 11) is 0. The van der Waals surface area contributed by atoms with Gasteiger partial charge >= 0.3 is 0 Å². The first kappa shape index (κ1) is 19.9. The van der Waals surface area contributed by atoms with Crippen LogP contribution < -0.4 is 5.32 Å². The van der Waals surface area contributed by atoms with Crippen LogP contribution in [0.25, 0.3) is 15.9 Å². The Labute approximate surface area is 184 Å². The molecule has 0 unspecified atom stereocenters. The van der Waals surface area contributed by atoms with Crippen molar-refractivity contribution in [3.05, 3.63) is 77.1 Å². The van der Waals surface area contributed by atoms with Crippen LogP contribution >= 0.6 is 11.3 Å². The van der Waals surface area contributed by atoms with E-state index < -0.39 is 0 Å². The predicted molar refractivity (Wildman–Crippen MR) is 122 cm³/mol. The number of fused-ring (bicyclic) bond motifs is 1. The fraction of sp³-hybridized carbons (Fsp3) is 0.292. The number of pyridine rings is 1. The number of aromatic nitrogens is 3. The zero-order chi connectivity index (χ0) is 21.0. The number of nitrogens with one attached hydrogen (secondary N) is 1. The van der Waals surface area contributed by atoms with Crippen molar-refractivity contribution in [2.45, 2.75) is 19.3 Å². The number of carbonyl (C=O) groups excluding carboxylic acids is 1. The maximum Gasteiger partial charge on any atom is 0.269 e. The molecule has 1 N–H and O–H groups in total. The van der Waals surface area contributed by atoms with Gasteiger partial charge in [-0.3, -0.25) is 4.79 Å². The highest BCUT2D eigenvalue weighted by molar-refractivity contribution is 7.17. The fourth-order valence-electron chi connectivity index (χ4n) is 3.96. The normalized spacial score (nSPS) is 14.7. The summed E-state index contributed by atoms with van der Waals surface area (Å²) >= 11 is 1.67. The van der Waals surface area contributed by atoms with E-state index in [2.05, 4.69) is 39.7 Å². The number of benzene rings is 1. The van der Waals surface area contributed by atoms with E-state index in [0.717, 1.165) is 53.9 Å². The number of nitrogens with zero attached hydrogens (tertiary/aromatic N) is 3. The molecule has 4 heterocycles. The molecule has 0 atom stereocenters. The molecule has 158 valence electrons. The molecule has 3 aromatic heterocycles. The molecule has 1 saturated heterocycles. The van der Waals surface area contributed by atoms with Crippen molar-refractivity contribution < 1.29 is 9.53 Å². The smallest absolute Gasteiger partial charge is 0.269 e. The lowest BCUT2D eigenvalue weighted by Gasteiger charge is -2.22. The summed E-state index contributed by atoms with van der Waals surface area (Å²) in [6.45, 7) is 2.24. The third-order valence-electron chi connectivity index (χ3n) is 5.71. The molecule has 5 rings (SSSR count). The zero-order valence-electron chi connectivity index (χ0n) is 17.2.